The van der Waals surface area contributed by atoms with E-state index in [0.29, 0.717) is 30.8 Å². The molecule has 5 N–H and O–H groups in total. The summed E-state index contributed by atoms with van der Waals surface area (Å²) in [7, 11) is 0. The highest BCUT2D eigenvalue weighted by atomic mass is 35.5. The third kappa shape index (κ3) is 5.65. The lowest BCUT2D eigenvalue weighted by molar-refractivity contribution is -0.137. The number of hydrogen-bond donors (Lipinski definition) is 4. The second-order valence-corrected chi connectivity index (χ2v) is 7.72. The van der Waals surface area contributed by atoms with Gasteiger partial charge in [0.05, 0.1) is 39.8 Å². The lowest BCUT2D eigenvalue weighted by Crippen LogP contribution is -2.31. The molecule has 0 bridgehead atoms. The first-order valence-corrected chi connectivity index (χ1v) is 10.3. The van der Waals surface area contributed by atoms with Gasteiger partial charge in [0, 0.05) is 19.3 Å². The molecule has 0 atom stereocenters. The van der Waals surface area contributed by atoms with Gasteiger partial charge in [0.1, 0.15) is 17.7 Å². The highest BCUT2D eigenvalue weighted by molar-refractivity contribution is 6.37. The molecule has 2 heterocycles. The van der Waals surface area contributed by atoms with Crippen molar-refractivity contribution in [1.29, 1.82) is 0 Å². The zero-order valence-corrected chi connectivity index (χ0v) is 18.7. The Morgan fingerprint density at radius 3 is 2.47 bits per heavy atom. The van der Waals surface area contributed by atoms with E-state index in [1.807, 2.05) is 0 Å². The van der Waals surface area contributed by atoms with Crippen molar-refractivity contribution in [2.45, 2.75) is 12.7 Å². The van der Waals surface area contributed by atoms with E-state index in [4.69, 9.17) is 34.0 Å². The first-order valence-electron chi connectivity index (χ1n) is 9.53. The molecule has 2 aromatic heterocycles. The van der Waals surface area contributed by atoms with Crippen LogP contribution >= 0.6 is 23.2 Å². The maximum atomic E-state index is 13.0. The number of nitrogens with two attached hydrogens (primary N) is 1. The summed E-state index contributed by atoms with van der Waals surface area (Å²) in [5.74, 6) is -1.34. The van der Waals surface area contributed by atoms with Crippen molar-refractivity contribution in [3.63, 3.8) is 0 Å². The van der Waals surface area contributed by atoms with Gasteiger partial charge in [-0.25, -0.2) is 4.98 Å². The Balaban J connectivity index is 1.96. The standard InChI is InChI=1S/C20H17Cl2F3N6O3/c21-13-4-11(20(23,24)25)5-14(22)16(13)31-9-29-17(26)15(19(31)34)18(33)30-12-3-10(7-28-8-12)6-27-1-2-32/h3-5,7-9,27,32H,1-2,6,26H2,(H,30,33). The predicted molar refractivity (Wildman–Crippen MR) is 120 cm³/mol. The van der Waals surface area contributed by atoms with Crippen molar-refractivity contribution >= 4 is 40.6 Å². The van der Waals surface area contributed by atoms with Gasteiger partial charge in [-0.1, -0.05) is 23.2 Å². The van der Waals surface area contributed by atoms with Crippen molar-refractivity contribution in [2.75, 3.05) is 24.2 Å². The Morgan fingerprint density at radius 2 is 1.85 bits per heavy atom. The number of halogens is 5. The van der Waals surface area contributed by atoms with Crippen LogP contribution in [0, 0.1) is 0 Å². The summed E-state index contributed by atoms with van der Waals surface area (Å²) >= 11 is 12.0. The second-order valence-electron chi connectivity index (χ2n) is 6.90. The molecule has 0 aliphatic rings. The molecule has 0 saturated heterocycles. The fourth-order valence-electron chi connectivity index (χ4n) is 2.96. The number of aromatic nitrogens is 3. The molecule has 0 fully saturated rings. The van der Waals surface area contributed by atoms with Crippen molar-refractivity contribution in [2.24, 2.45) is 0 Å². The molecule has 0 spiro atoms. The highest BCUT2D eigenvalue weighted by Crippen LogP contribution is 2.37. The van der Waals surface area contributed by atoms with E-state index in [0.717, 1.165) is 10.9 Å². The van der Waals surface area contributed by atoms with E-state index >= 15 is 0 Å². The molecule has 3 aromatic rings. The van der Waals surface area contributed by atoms with E-state index in [1.54, 1.807) is 12.3 Å². The lowest BCUT2D eigenvalue weighted by Gasteiger charge is -2.15. The van der Waals surface area contributed by atoms with Gasteiger partial charge in [0.15, 0.2) is 0 Å². The maximum Gasteiger partial charge on any atom is 0.416 e. The normalized spacial score (nSPS) is 11.5. The molecule has 1 aromatic carbocycles. The molecule has 9 nitrogen and oxygen atoms in total. The SMILES string of the molecule is Nc1ncn(-c2c(Cl)cc(C(F)(F)F)cc2Cl)c(=O)c1C(=O)Nc1cncc(CNCCO)c1. The smallest absolute Gasteiger partial charge is 0.395 e. The molecule has 0 saturated carbocycles. The number of carbonyl (C=O) groups is 1. The molecule has 0 aliphatic carbocycles. The average molecular weight is 517 g/mol. The van der Waals surface area contributed by atoms with Crippen LogP contribution in [0.3, 0.4) is 0 Å². The third-order valence-electron chi connectivity index (χ3n) is 4.48. The first-order chi connectivity index (χ1) is 16.0. The Labute approximate surface area is 200 Å². The van der Waals surface area contributed by atoms with Crippen LogP contribution in [0.4, 0.5) is 24.7 Å². The Morgan fingerprint density at radius 1 is 1.18 bits per heavy atom. The van der Waals surface area contributed by atoms with E-state index in [1.165, 1.54) is 6.20 Å². The van der Waals surface area contributed by atoms with Gasteiger partial charge < -0.3 is 21.5 Å². The predicted octanol–water partition coefficient (Wildman–Crippen LogP) is 2.87. The summed E-state index contributed by atoms with van der Waals surface area (Å²) in [6.45, 7) is 0.671. The van der Waals surface area contributed by atoms with E-state index in [2.05, 4.69) is 20.6 Å². The van der Waals surface area contributed by atoms with Crippen LogP contribution in [0.2, 0.25) is 10.0 Å². The fraction of sp³-hybridized carbons (Fsp3) is 0.200. The van der Waals surface area contributed by atoms with Crippen LogP contribution in [-0.2, 0) is 12.7 Å². The van der Waals surface area contributed by atoms with Crippen LogP contribution in [0.1, 0.15) is 21.5 Å². The number of nitrogens with one attached hydrogen (secondary N) is 2. The molecule has 0 aliphatic heterocycles. The van der Waals surface area contributed by atoms with Crippen LogP contribution in [0.25, 0.3) is 5.69 Å². The highest BCUT2D eigenvalue weighted by Gasteiger charge is 2.32. The summed E-state index contributed by atoms with van der Waals surface area (Å²) in [5.41, 5.74) is 3.70. The van der Waals surface area contributed by atoms with Crippen molar-refractivity contribution in [1.82, 2.24) is 19.9 Å². The molecule has 14 heteroatoms. The molecular weight excluding hydrogens is 500 g/mol. The van der Waals surface area contributed by atoms with Gasteiger partial charge >= 0.3 is 6.18 Å². The quantitative estimate of drug-likeness (QED) is 0.354. The summed E-state index contributed by atoms with van der Waals surface area (Å²) in [5, 5.41) is 13.3. The van der Waals surface area contributed by atoms with Gasteiger partial charge in [-0.3, -0.25) is 19.1 Å². The van der Waals surface area contributed by atoms with Crippen LogP contribution in [0.5, 0.6) is 0 Å². The number of rotatable bonds is 7. The maximum absolute atomic E-state index is 13.0. The minimum atomic E-state index is -4.71. The number of hydrogen-bond acceptors (Lipinski definition) is 7. The monoisotopic (exact) mass is 516 g/mol. The summed E-state index contributed by atoms with van der Waals surface area (Å²) in [6.07, 6.45) is -0.927. The van der Waals surface area contributed by atoms with E-state index in [9.17, 15) is 22.8 Å². The summed E-state index contributed by atoms with van der Waals surface area (Å²) < 4.78 is 39.8. The molecule has 34 heavy (non-hydrogen) atoms. The average Bonchev–Trinajstić information content (AvgIpc) is 2.74. The minimum absolute atomic E-state index is 0.0522. The zero-order valence-electron chi connectivity index (χ0n) is 17.2. The van der Waals surface area contributed by atoms with Gasteiger partial charge in [-0.05, 0) is 23.8 Å². The van der Waals surface area contributed by atoms with Crippen LogP contribution < -0.4 is 21.9 Å². The number of aliphatic hydroxyl groups is 1. The first kappa shape index (κ1) is 25.4. The van der Waals surface area contributed by atoms with E-state index in [-0.39, 0.29) is 18.0 Å². The van der Waals surface area contributed by atoms with Gasteiger partial charge in [-0.2, -0.15) is 13.2 Å². The minimum Gasteiger partial charge on any atom is -0.395 e. The van der Waals surface area contributed by atoms with Crippen molar-refractivity contribution in [3.8, 4) is 5.69 Å². The summed E-state index contributed by atoms with van der Waals surface area (Å²) in [6, 6.07) is 2.80. The van der Waals surface area contributed by atoms with E-state index < -0.39 is 44.6 Å². The summed E-state index contributed by atoms with van der Waals surface area (Å²) in [4.78, 5) is 33.7. The van der Waals surface area contributed by atoms with Crippen molar-refractivity contribution < 1.29 is 23.1 Å². The Kier molecular flexibility index (Phi) is 7.77. The Hall–Kier alpha value is -3.19. The molecular formula is C20H17Cl2F3N6O3. The second kappa shape index (κ2) is 10.4. The molecule has 0 unspecified atom stereocenters. The lowest BCUT2D eigenvalue weighted by atomic mass is 10.2. The van der Waals surface area contributed by atoms with Crippen molar-refractivity contribution in [3.05, 3.63) is 74.0 Å². The van der Waals surface area contributed by atoms with Crippen LogP contribution in [-0.4, -0.2) is 38.7 Å². The number of nitrogens with zero attached hydrogens (tertiary/aromatic N) is 3. The van der Waals surface area contributed by atoms with Gasteiger partial charge in [0.2, 0.25) is 0 Å². The number of amides is 1. The van der Waals surface area contributed by atoms with Gasteiger partial charge in [0.25, 0.3) is 11.5 Å². The fourth-order valence-corrected chi connectivity index (χ4v) is 3.63. The largest absolute Gasteiger partial charge is 0.416 e. The number of nitrogen functional groups attached to an aromatic ring is 1. The number of aliphatic hydroxyl groups excluding tert-OH is 1. The number of benzene rings is 1. The number of carbonyl (C=O) groups excluding carboxylic acids is 1. The molecule has 0 radical (unpaired) electrons. The molecule has 180 valence electrons. The third-order valence-corrected chi connectivity index (χ3v) is 5.06. The number of pyridine rings is 1. The number of anilines is 2. The molecule has 1 amide bonds. The molecule has 3 rings (SSSR count). The Bertz CT molecular complexity index is 1260. The van der Waals surface area contributed by atoms with Gasteiger partial charge in [-0.15, -0.1) is 0 Å². The number of alkyl halides is 3. The van der Waals surface area contributed by atoms with Crippen LogP contribution in [0.15, 0.2) is 41.7 Å². The topological polar surface area (TPSA) is 135 Å². The zero-order chi connectivity index (χ0) is 25.0.